The summed E-state index contributed by atoms with van der Waals surface area (Å²) in [6.45, 7) is 3.87. The van der Waals surface area contributed by atoms with Crippen LogP contribution in [0.5, 0.6) is 0 Å². The van der Waals surface area contributed by atoms with Gasteiger partial charge in [0.1, 0.15) is 42.0 Å². The number of carbonyl (C=O) groups is 4. The van der Waals surface area contributed by atoms with Crippen molar-refractivity contribution in [3.63, 3.8) is 0 Å². The van der Waals surface area contributed by atoms with Crippen LogP contribution in [0.3, 0.4) is 0 Å². The minimum atomic E-state index is -5.58. The fourth-order valence-electron chi connectivity index (χ4n) is 5.33. The van der Waals surface area contributed by atoms with Gasteiger partial charge in [-0.3, -0.25) is 37.3 Å². The first kappa shape index (κ1) is 49.6. The number of aromatic nitrogens is 4. The highest BCUT2D eigenvalue weighted by molar-refractivity contribution is 8.13. The Kier molecular flexibility index (Phi) is 18.1. The van der Waals surface area contributed by atoms with E-state index in [2.05, 4.69) is 34.4 Å². The molecule has 0 spiro atoms. The molecule has 0 saturated carbocycles. The van der Waals surface area contributed by atoms with Crippen LogP contribution in [-0.4, -0.2) is 128 Å². The average Bonchev–Trinajstić information content (AvgIpc) is 3.69. The Bertz CT molecular complexity index is 1920. The average molecular weight is 908 g/mol. The quantitative estimate of drug-likeness (QED) is 0.0382. The summed E-state index contributed by atoms with van der Waals surface area (Å²) in [6.07, 6.45) is -5.66. The number of nitrogen functional groups attached to an aromatic ring is 1. The molecule has 29 heteroatoms. The molecule has 58 heavy (non-hydrogen) atoms. The van der Waals surface area contributed by atoms with Gasteiger partial charge in [-0.2, -0.15) is 4.31 Å². The molecule has 3 rings (SSSR count). The van der Waals surface area contributed by atoms with E-state index in [1.807, 2.05) is 6.92 Å². The van der Waals surface area contributed by atoms with E-state index < -0.39 is 90.5 Å². The van der Waals surface area contributed by atoms with Crippen molar-refractivity contribution in [1.82, 2.24) is 30.2 Å². The van der Waals surface area contributed by atoms with Crippen molar-refractivity contribution in [2.75, 3.05) is 37.8 Å². The van der Waals surface area contributed by atoms with Crippen molar-refractivity contribution in [2.24, 2.45) is 11.3 Å². The Labute approximate surface area is 335 Å². The molecule has 3 unspecified atom stereocenters. The summed E-state index contributed by atoms with van der Waals surface area (Å²) in [4.78, 5) is 100. The highest BCUT2D eigenvalue weighted by atomic mass is 32.2. The molecular weight excluding hydrogens is 859 g/mol. The number of nitrogens with one attached hydrogen (secondary N) is 2. The number of fused-ring (bicyclic) bond motifs is 1. The van der Waals surface area contributed by atoms with Crippen molar-refractivity contribution >= 4 is 74.9 Å². The number of hydrogen-bond acceptors (Lipinski definition) is 19. The third kappa shape index (κ3) is 14.5. The first-order valence-electron chi connectivity index (χ1n) is 17.5. The molecule has 0 radical (unpaired) electrons. The molecule has 10 N–H and O–H groups in total. The van der Waals surface area contributed by atoms with Gasteiger partial charge in [0.25, 0.3) is 0 Å². The van der Waals surface area contributed by atoms with E-state index >= 15 is 0 Å². The van der Waals surface area contributed by atoms with Gasteiger partial charge in [0, 0.05) is 37.1 Å². The van der Waals surface area contributed by atoms with E-state index in [9.17, 15) is 62.7 Å². The lowest BCUT2D eigenvalue weighted by Crippen LogP contribution is -2.46. The number of hydrogen-bond donors (Lipinski definition) is 9. The molecule has 2 aromatic rings. The van der Waals surface area contributed by atoms with Crippen LogP contribution in [0, 0.1) is 11.3 Å². The number of nitrogens with zero attached hydrogens (tertiary/aromatic N) is 4. The molecule has 25 nitrogen and oxygen atoms in total. The first-order chi connectivity index (χ1) is 26.9. The zero-order valence-electron chi connectivity index (χ0n) is 31.7. The van der Waals surface area contributed by atoms with Gasteiger partial charge in [-0.15, -0.1) is 0 Å². The SMILES string of the molecule is CCCC(C(=O)CC)C(=O)SCCNC(=O)CCNC(=O)[C@@H](O)C(C)(C)COP(=O)(O)OP(=O)(O)OC[C@@H]1O[C@H](n2cnc3c(N)ncnc32)[C@@H](O)[C@H]1OP(=O)(O)O. The number of phosphoric ester groups is 3. The first-order valence-corrected chi connectivity index (χ1v) is 23.0. The molecular formula is C29H48N7O18P3S. The molecule has 0 aromatic carbocycles. The van der Waals surface area contributed by atoms with Gasteiger partial charge in [-0.05, 0) is 6.42 Å². The van der Waals surface area contributed by atoms with E-state index in [1.165, 1.54) is 13.8 Å². The number of ether oxygens (including phenoxy) is 1. The molecule has 1 fully saturated rings. The molecule has 8 atom stereocenters. The Morgan fingerprint density at radius 2 is 1.71 bits per heavy atom. The second-order valence-electron chi connectivity index (χ2n) is 13.4. The largest absolute Gasteiger partial charge is 0.481 e. The number of nitrogens with two attached hydrogens (primary N) is 1. The number of ketones is 1. The lowest BCUT2D eigenvalue weighted by molar-refractivity contribution is -0.137. The zero-order chi connectivity index (χ0) is 43.6. The Balaban J connectivity index is 1.48. The minimum Gasteiger partial charge on any atom is -0.386 e. The second kappa shape index (κ2) is 21.2. The van der Waals surface area contributed by atoms with Crippen LogP contribution in [0.1, 0.15) is 59.6 Å². The van der Waals surface area contributed by atoms with Gasteiger partial charge in [-0.1, -0.05) is 45.9 Å². The third-order valence-corrected chi connectivity index (χ3v) is 12.4. The zero-order valence-corrected chi connectivity index (χ0v) is 35.2. The number of aliphatic hydroxyl groups excluding tert-OH is 2. The summed E-state index contributed by atoms with van der Waals surface area (Å²) in [5, 5.41) is 26.1. The molecule has 2 amide bonds. The highest BCUT2D eigenvalue weighted by Gasteiger charge is 2.50. The maximum Gasteiger partial charge on any atom is 0.481 e. The van der Waals surface area contributed by atoms with Crippen molar-refractivity contribution in [2.45, 2.75) is 84.0 Å². The number of Topliss-reactive ketones (excluding diaryl/α,β-unsaturated/α-hetero) is 1. The summed E-state index contributed by atoms with van der Waals surface area (Å²) in [7, 11) is -16.4. The summed E-state index contributed by atoms with van der Waals surface area (Å²) >= 11 is 0.941. The van der Waals surface area contributed by atoms with Crippen molar-refractivity contribution < 1.29 is 85.3 Å². The number of carbonyl (C=O) groups excluding carboxylic acids is 4. The number of imidazole rings is 1. The molecule has 3 heterocycles. The summed E-state index contributed by atoms with van der Waals surface area (Å²) in [6, 6.07) is 0. The lowest BCUT2D eigenvalue weighted by atomic mass is 9.87. The maximum absolute atomic E-state index is 12.7. The van der Waals surface area contributed by atoms with Gasteiger partial charge in [0.15, 0.2) is 22.8 Å². The monoisotopic (exact) mass is 907 g/mol. The van der Waals surface area contributed by atoms with Gasteiger partial charge in [-0.25, -0.2) is 28.6 Å². The fourth-order valence-corrected chi connectivity index (χ4v) is 9.01. The summed E-state index contributed by atoms with van der Waals surface area (Å²) in [5.41, 5.74) is 4.23. The Morgan fingerprint density at radius 1 is 1.03 bits per heavy atom. The lowest BCUT2D eigenvalue weighted by Gasteiger charge is -2.30. The van der Waals surface area contributed by atoms with Crippen LogP contribution in [0.2, 0.25) is 0 Å². The molecule has 1 aliphatic rings. The number of thioether (sulfide) groups is 1. The van der Waals surface area contributed by atoms with Gasteiger partial charge < -0.3 is 50.9 Å². The minimum absolute atomic E-state index is 0.0246. The molecule has 1 saturated heterocycles. The van der Waals surface area contributed by atoms with Crippen LogP contribution >= 0.6 is 35.2 Å². The summed E-state index contributed by atoms with van der Waals surface area (Å²) in [5.74, 6) is -2.13. The van der Waals surface area contributed by atoms with Crippen molar-refractivity contribution in [1.29, 1.82) is 0 Å². The molecule has 2 aromatic heterocycles. The number of phosphoric acid groups is 3. The molecule has 328 valence electrons. The Hall–Kier alpha value is -2.77. The van der Waals surface area contributed by atoms with Crippen LogP contribution in [-0.2, 0) is 55.5 Å². The normalized spacial score (nSPS) is 21.8. The molecule has 1 aliphatic heterocycles. The Morgan fingerprint density at radius 3 is 2.34 bits per heavy atom. The maximum atomic E-state index is 12.7. The number of amides is 2. The molecule has 0 aliphatic carbocycles. The van der Waals surface area contributed by atoms with E-state index in [1.54, 1.807) is 6.92 Å². The number of aliphatic hydroxyl groups is 2. The standard InChI is InChI=1S/C29H48N7O18P3S/c1-5-7-16(17(37)6-2)28(42)58-11-10-31-19(38)8-9-32-26(41)23(40)29(3,4)13-51-57(48,49)54-56(46,47)50-12-18-22(53-55(43,44)45)21(39)27(52-18)36-15-35-20-24(30)33-14-34-25(20)36/h14-16,18,21-23,27,39-40H,5-13H2,1-4H3,(H,31,38)(H,32,41)(H,46,47)(H,48,49)(H2,30,33,34)(H2,43,44,45)/t16?,18-,21-,22-,23+,27-/m0/s1. The van der Waals surface area contributed by atoms with Crippen molar-refractivity contribution in [3.8, 4) is 0 Å². The van der Waals surface area contributed by atoms with E-state index in [0.717, 1.165) is 29.0 Å². The van der Waals surface area contributed by atoms with E-state index in [0.29, 0.717) is 12.8 Å². The summed E-state index contributed by atoms with van der Waals surface area (Å²) < 4.78 is 62.1. The van der Waals surface area contributed by atoms with Crippen LogP contribution in [0.25, 0.3) is 11.2 Å². The van der Waals surface area contributed by atoms with Gasteiger partial charge >= 0.3 is 23.5 Å². The van der Waals surface area contributed by atoms with E-state index in [4.69, 9.17) is 19.5 Å². The van der Waals surface area contributed by atoms with Gasteiger partial charge in [0.05, 0.1) is 25.5 Å². The van der Waals surface area contributed by atoms with Gasteiger partial charge in [0.2, 0.25) is 11.8 Å². The topological polar surface area (TPSA) is 381 Å². The molecule has 0 bridgehead atoms. The third-order valence-electron chi connectivity index (χ3n) is 8.35. The van der Waals surface area contributed by atoms with Crippen LogP contribution in [0.4, 0.5) is 5.82 Å². The second-order valence-corrected chi connectivity index (χ2v) is 18.7. The predicted molar refractivity (Wildman–Crippen MR) is 201 cm³/mol. The fraction of sp³-hybridized carbons (Fsp3) is 0.690. The highest BCUT2D eigenvalue weighted by Crippen LogP contribution is 2.61. The number of rotatable bonds is 24. The smallest absolute Gasteiger partial charge is 0.386 e. The van der Waals surface area contributed by atoms with Crippen molar-refractivity contribution in [3.05, 3.63) is 12.7 Å². The van der Waals surface area contributed by atoms with E-state index in [-0.39, 0.29) is 59.6 Å². The predicted octanol–water partition coefficient (Wildman–Crippen LogP) is 0.0601. The van der Waals surface area contributed by atoms with Crippen LogP contribution in [0.15, 0.2) is 12.7 Å². The number of anilines is 1. The van der Waals surface area contributed by atoms with Crippen LogP contribution < -0.4 is 16.4 Å².